The van der Waals surface area contributed by atoms with E-state index in [1.807, 2.05) is 24.3 Å². The van der Waals surface area contributed by atoms with Crippen LogP contribution < -0.4 is 59.3 Å². The summed E-state index contributed by atoms with van der Waals surface area (Å²) in [6.45, 7) is 0.736. The third-order valence-corrected chi connectivity index (χ3v) is 19.6. The molecule has 18 N–H and O–H groups in total. The number of aromatic nitrogens is 4. The predicted octanol–water partition coefficient (Wildman–Crippen LogP) is 0.762. The molecule has 0 spiro atoms. The maximum atomic E-state index is 15.1. The average molecular weight is 1460 g/mol. The number of halogens is 1. The van der Waals surface area contributed by atoms with Crippen LogP contribution in [0.5, 0.6) is 5.75 Å². The van der Waals surface area contributed by atoms with Gasteiger partial charge in [-0.1, -0.05) is 54.6 Å². The number of amides is 11. The number of nitrogens with one attached hydrogen (secondary N) is 12. The second-order valence-electron chi connectivity index (χ2n) is 25.2. The summed E-state index contributed by atoms with van der Waals surface area (Å²) in [7, 11) is 0. The molecule has 0 radical (unpaired) electrons. The lowest BCUT2D eigenvalue weighted by Gasteiger charge is -2.31. The summed E-state index contributed by atoms with van der Waals surface area (Å²) in [5.74, 6) is -11.2. The van der Waals surface area contributed by atoms with Gasteiger partial charge in [0, 0.05) is 103 Å². The van der Waals surface area contributed by atoms with E-state index in [0.717, 1.165) is 11.1 Å². The van der Waals surface area contributed by atoms with Crippen molar-refractivity contribution >= 4 is 116 Å². The molecule has 3 aromatic heterocycles. The smallest absolute Gasteiger partial charge is 0.305 e. The largest absolute Gasteiger partial charge is 0.508 e. The zero-order valence-corrected chi connectivity index (χ0v) is 57.9. The summed E-state index contributed by atoms with van der Waals surface area (Å²) in [6.07, 6.45) is 4.69. The van der Waals surface area contributed by atoms with Gasteiger partial charge in [-0.15, -0.1) is 0 Å². The third kappa shape index (κ3) is 21.9. The zero-order valence-electron chi connectivity index (χ0n) is 56.2. The first-order chi connectivity index (χ1) is 49.5. The molecule has 2 aliphatic heterocycles. The molecule has 103 heavy (non-hydrogen) atoms. The van der Waals surface area contributed by atoms with E-state index in [-0.39, 0.29) is 74.6 Å². The number of nitrogens with two attached hydrogens (primary N) is 2. The van der Waals surface area contributed by atoms with E-state index in [1.165, 1.54) is 96.5 Å². The van der Waals surface area contributed by atoms with E-state index in [2.05, 4.69) is 67.8 Å². The Bertz CT molecular complexity index is 4210. The lowest BCUT2D eigenvalue weighted by Crippen LogP contribution is -2.61. The molecule has 7 aromatic rings. The molecule has 30 nitrogen and oxygen atoms in total. The number of H-pyrrole nitrogens is 3. The molecule has 33 heteroatoms. The molecule has 2 aliphatic rings. The van der Waals surface area contributed by atoms with E-state index >= 15 is 14.4 Å². The molecule has 9 atom stereocenters. The van der Waals surface area contributed by atoms with Crippen molar-refractivity contribution in [3.8, 4) is 5.75 Å². The number of aliphatic carboxylic acids is 1. The summed E-state index contributed by atoms with van der Waals surface area (Å²) < 4.78 is 14.9. The van der Waals surface area contributed by atoms with Crippen LogP contribution in [0, 0.1) is 5.82 Å². The number of para-hydroxylation sites is 1. The number of carbonyl (C=O) groups is 12. The molecular weight excluding hydrogens is 1370 g/mol. The van der Waals surface area contributed by atoms with E-state index in [0.29, 0.717) is 69.3 Å². The number of hydrogen-bond acceptors (Lipinski definition) is 17. The number of carboxylic acid groups (broad SMARTS) is 1. The van der Waals surface area contributed by atoms with Gasteiger partial charge in [0.05, 0.1) is 25.0 Å². The lowest BCUT2D eigenvalue weighted by molar-refractivity contribution is -0.143. The molecule has 0 unspecified atom stereocenters. The molecule has 5 heterocycles. The fraction of sp³-hybridized carbons (Fsp3) is 0.386. The van der Waals surface area contributed by atoms with Crippen LogP contribution >= 0.6 is 23.5 Å². The maximum absolute atomic E-state index is 15.1. The Kier molecular flexibility index (Phi) is 27.2. The number of unbranched alkanes of at least 4 members (excludes halogenated alkanes) is 1. The van der Waals surface area contributed by atoms with Gasteiger partial charge >= 0.3 is 5.97 Å². The zero-order chi connectivity index (χ0) is 73.7. The minimum atomic E-state index is -2.01. The van der Waals surface area contributed by atoms with Crippen molar-refractivity contribution in [2.24, 2.45) is 11.5 Å². The Labute approximate surface area is 598 Å². The molecule has 0 saturated carbocycles. The Morgan fingerprint density at radius 3 is 1.92 bits per heavy atom. The summed E-state index contributed by atoms with van der Waals surface area (Å²) in [5, 5.41) is 45.2. The highest BCUT2D eigenvalue weighted by atomic mass is 32.2. The van der Waals surface area contributed by atoms with Crippen LogP contribution in [0.15, 0.2) is 116 Å². The van der Waals surface area contributed by atoms with Crippen molar-refractivity contribution in [3.05, 3.63) is 155 Å². The number of imidazole rings is 1. The van der Waals surface area contributed by atoms with Crippen LogP contribution in [0.25, 0.3) is 21.8 Å². The van der Waals surface area contributed by atoms with Crippen molar-refractivity contribution in [2.75, 3.05) is 31.1 Å². The third-order valence-electron chi connectivity index (χ3n) is 17.4. The molecule has 11 amide bonds. The molecule has 4 aromatic carbocycles. The van der Waals surface area contributed by atoms with Crippen LogP contribution in [-0.2, 0) is 94.7 Å². The number of phenolic OH excluding ortho intramolecular Hbond substituents is 1. The Balaban J connectivity index is 1.06. The summed E-state index contributed by atoms with van der Waals surface area (Å²) in [4.78, 5) is 185. The van der Waals surface area contributed by atoms with E-state index in [4.69, 9.17) is 11.5 Å². The standard InChI is InChI=1S/C70H83FN16O14S2/c1-38(88)79-58-36-103-34-41-9-6-8-40(22-41)33-102-35-57(62(73)93)86-69(100)59-13-7-21-87(59)70(101)56(23-39-14-17-46(89)18-15-39)85-66(97)54(27-45-31-74-37-78-45)83-67(98)55(28-61(91)92)84-65(96)53(24-42-29-75-49-11-3-2-10-47(42)49)82-64(95)52(25-43-30-76-50-19-16-44(71)26-48(43)50)80-60(90)32-77-63(94)51(81-68(58)99)12-4-5-20-72/h2-3,6,8-11,14-19,22,26,29-31,37,51-59,75-76,89H,4-5,7,12-13,20-21,23-25,27-28,32-36,72H2,1H3,(H2,73,93)(H,74,78)(H,77,94)(H,79,88)(H,80,90)(H,81,99)(H,82,95)(H,83,98)(H,84,96)(H,85,97)(H,86,100)(H,91,92)/t51-,52-,53-,54-,55-,56-,57-,58-,59-/m0/s1. The van der Waals surface area contributed by atoms with Gasteiger partial charge in [0.1, 0.15) is 65.9 Å². The average Bonchev–Trinajstić information content (AvgIpc) is 1.75. The number of carboxylic acids is 1. The van der Waals surface area contributed by atoms with Crippen molar-refractivity contribution in [1.82, 2.24) is 72.7 Å². The highest BCUT2D eigenvalue weighted by Gasteiger charge is 2.41. The topological polar surface area (TPSA) is 469 Å². The Morgan fingerprint density at radius 2 is 1.26 bits per heavy atom. The van der Waals surface area contributed by atoms with Crippen LogP contribution in [0.2, 0.25) is 0 Å². The number of rotatable bonds is 16. The number of aromatic hydroxyl groups is 1. The lowest BCUT2D eigenvalue weighted by atomic mass is 10.0. The van der Waals surface area contributed by atoms with Gasteiger partial charge in [0.2, 0.25) is 65.0 Å². The van der Waals surface area contributed by atoms with Crippen LogP contribution in [0.4, 0.5) is 4.39 Å². The van der Waals surface area contributed by atoms with Gasteiger partial charge in [0.15, 0.2) is 0 Å². The molecule has 1 saturated heterocycles. The van der Waals surface area contributed by atoms with Crippen LogP contribution in [0.3, 0.4) is 0 Å². The molecule has 1 fully saturated rings. The van der Waals surface area contributed by atoms with Crippen molar-refractivity contribution < 1.29 is 72.1 Å². The molecule has 2 bridgehead atoms. The van der Waals surface area contributed by atoms with Gasteiger partial charge in [-0.25, -0.2) is 9.37 Å². The van der Waals surface area contributed by atoms with Gasteiger partial charge in [-0.3, -0.25) is 57.5 Å². The second-order valence-corrected chi connectivity index (χ2v) is 27.2. The number of benzene rings is 4. The molecule has 9 rings (SSSR count). The van der Waals surface area contributed by atoms with Crippen molar-refractivity contribution in [2.45, 2.75) is 137 Å². The molecule has 0 aliphatic carbocycles. The monoisotopic (exact) mass is 1450 g/mol. The first kappa shape index (κ1) is 76.4. The SMILES string of the molecule is CC(=O)N[C@H]1CSCc2cccc(c2)CSC[C@@H](C(N)=O)NC(=O)[C@@H]2CCCN2C(=O)[C@H](Cc2ccc(O)cc2)NC(=O)[C@H](Cc2c[nH]cn2)NC(=O)[C@H](CC(=O)O)NC(=O)[C@H](Cc2c[nH]c3ccccc23)NC(=O)[C@H](Cc2c[nH]c3ccc(F)cc23)NC(=O)CNC(=O)[C@H](CCCCN)NC1=O. The maximum Gasteiger partial charge on any atom is 0.305 e. The number of primary amides is 1. The summed E-state index contributed by atoms with van der Waals surface area (Å²) >= 11 is 2.61. The number of nitrogens with zero attached hydrogens (tertiary/aromatic N) is 2. The Hall–Kier alpha value is -10.8. The number of aromatic amines is 3. The number of carbonyl (C=O) groups excluding carboxylic acids is 11. The fourth-order valence-electron chi connectivity index (χ4n) is 12.2. The van der Waals surface area contributed by atoms with Crippen LogP contribution in [0.1, 0.15) is 79.0 Å². The second kappa shape index (κ2) is 36.7. The minimum absolute atomic E-state index is 0.0194. The summed E-state index contributed by atoms with van der Waals surface area (Å²) in [6, 6.07) is 10.8. The van der Waals surface area contributed by atoms with Crippen molar-refractivity contribution in [1.29, 1.82) is 0 Å². The van der Waals surface area contributed by atoms with Gasteiger partial charge in [-0.05, 0) is 103 Å². The summed E-state index contributed by atoms with van der Waals surface area (Å²) in [5.41, 5.74) is 15.9. The van der Waals surface area contributed by atoms with Crippen molar-refractivity contribution in [3.63, 3.8) is 0 Å². The number of hydrogen-bond donors (Lipinski definition) is 16. The van der Waals surface area contributed by atoms with Gasteiger partial charge < -0.3 is 89.4 Å². The first-order valence-corrected chi connectivity index (χ1v) is 35.8. The van der Waals surface area contributed by atoms with Gasteiger partial charge in [0.25, 0.3) is 0 Å². The fourth-order valence-corrected chi connectivity index (χ4v) is 14.2. The highest BCUT2D eigenvalue weighted by molar-refractivity contribution is 7.98. The normalized spacial score (nSPS) is 22.4. The molecular formula is C70H83FN16O14S2. The number of fused-ring (bicyclic) bond motifs is 5. The van der Waals surface area contributed by atoms with E-state index in [1.54, 1.807) is 30.5 Å². The first-order valence-electron chi connectivity index (χ1n) is 33.5. The minimum Gasteiger partial charge on any atom is -0.508 e. The van der Waals surface area contributed by atoms with E-state index < -0.39 is 144 Å². The number of phenols is 1. The highest BCUT2D eigenvalue weighted by Crippen LogP contribution is 2.26. The predicted molar refractivity (Wildman–Crippen MR) is 380 cm³/mol. The Morgan fingerprint density at radius 1 is 0.641 bits per heavy atom. The molecule has 546 valence electrons. The van der Waals surface area contributed by atoms with Gasteiger partial charge in [-0.2, -0.15) is 23.5 Å². The van der Waals surface area contributed by atoms with Crippen LogP contribution in [-0.4, -0.2) is 192 Å². The number of thioether (sulfide) groups is 2. The van der Waals surface area contributed by atoms with E-state index in [9.17, 15) is 57.8 Å². The quantitative estimate of drug-likeness (QED) is 0.0594.